The van der Waals surface area contributed by atoms with Gasteiger partial charge in [-0.25, -0.2) is 9.80 Å². The van der Waals surface area contributed by atoms with E-state index in [2.05, 4.69) is 60.4 Å². The van der Waals surface area contributed by atoms with Crippen LogP contribution in [0.25, 0.3) is 0 Å². The van der Waals surface area contributed by atoms with Crippen LogP contribution in [0.4, 0.5) is 21.9 Å². The van der Waals surface area contributed by atoms with Crippen molar-refractivity contribution in [2.75, 3.05) is 23.7 Å². The second kappa shape index (κ2) is 11.2. The van der Waals surface area contributed by atoms with E-state index >= 15 is 0 Å². The van der Waals surface area contributed by atoms with Crippen LogP contribution in [-0.2, 0) is 6.54 Å². The van der Waals surface area contributed by atoms with Crippen molar-refractivity contribution in [2.45, 2.75) is 64.5 Å². The van der Waals surface area contributed by atoms with E-state index in [0.717, 1.165) is 73.5 Å². The van der Waals surface area contributed by atoms with Crippen molar-refractivity contribution >= 4 is 28.8 Å². The third-order valence-corrected chi connectivity index (χ3v) is 8.57. The number of anilines is 3. The zero-order valence-corrected chi connectivity index (χ0v) is 22.9. The molecule has 39 heavy (non-hydrogen) atoms. The van der Waals surface area contributed by atoms with Gasteiger partial charge in [0, 0.05) is 36.8 Å². The van der Waals surface area contributed by atoms with E-state index in [4.69, 9.17) is 10.8 Å². The van der Waals surface area contributed by atoms with Gasteiger partial charge in [0.15, 0.2) is 0 Å². The van der Waals surface area contributed by atoms with Gasteiger partial charge in [-0.1, -0.05) is 61.7 Å². The molecule has 2 N–H and O–H groups in total. The lowest BCUT2D eigenvalue weighted by molar-refractivity contribution is 0.123. The monoisotopic (exact) mass is 521 g/mol. The van der Waals surface area contributed by atoms with Crippen LogP contribution < -0.4 is 10.6 Å². The Morgan fingerprint density at radius 3 is 2.31 bits per heavy atom. The molecule has 1 saturated heterocycles. The van der Waals surface area contributed by atoms with Crippen LogP contribution in [0.15, 0.2) is 77.9 Å². The first-order chi connectivity index (χ1) is 19.1. The highest BCUT2D eigenvalue weighted by atomic mass is 16.2. The predicted molar refractivity (Wildman–Crippen MR) is 159 cm³/mol. The molecule has 2 heterocycles. The molecule has 3 aliphatic rings. The summed E-state index contributed by atoms with van der Waals surface area (Å²) in [6.45, 7) is 4.94. The molecule has 1 saturated carbocycles. The molecule has 0 radical (unpaired) electrons. The van der Waals surface area contributed by atoms with E-state index in [1.807, 2.05) is 34.2 Å². The van der Waals surface area contributed by atoms with Gasteiger partial charge in [0.2, 0.25) is 0 Å². The Labute approximate surface area is 232 Å². The van der Waals surface area contributed by atoms with Crippen molar-refractivity contribution in [2.24, 2.45) is 11.0 Å². The number of piperidine rings is 1. The molecule has 3 aromatic carbocycles. The fourth-order valence-corrected chi connectivity index (χ4v) is 6.41. The quantitative estimate of drug-likeness (QED) is 0.364. The molecule has 1 aliphatic carbocycles. The highest BCUT2D eigenvalue weighted by molar-refractivity contribution is 6.14. The minimum Gasteiger partial charge on any atom is -0.399 e. The number of nitrogens with two attached hydrogens (primary N) is 1. The SMILES string of the molecule is Cc1ccc2c(c1)N(c1ccc(N)cc1)C(=O)N(C1CCN(Cc3ccccc3)CC1)N=C2C1CCCCC1. The highest BCUT2D eigenvalue weighted by Crippen LogP contribution is 2.39. The number of hydrogen-bond donors (Lipinski definition) is 1. The number of carbonyl (C=O) groups is 1. The van der Waals surface area contributed by atoms with Gasteiger partial charge >= 0.3 is 6.03 Å². The summed E-state index contributed by atoms with van der Waals surface area (Å²) in [5.41, 5.74) is 13.1. The highest BCUT2D eigenvalue weighted by Gasteiger charge is 2.38. The average Bonchev–Trinajstić information content (AvgIpc) is 3.09. The molecule has 6 heteroatoms. The summed E-state index contributed by atoms with van der Waals surface area (Å²) in [5.74, 6) is 0.375. The third kappa shape index (κ3) is 5.44. The number of nitrogen functional groups attached to an aromatic ring is 1. The fourth-order valence-electron chi connectivity index (χ4n) is 6.41. The Morgan fingerprint density at radius 2 is 1.59 bits per heavy atom. The molecule has 2 amide bonds. The smallest absolute Gasteiger partial charge is 0.349 e. The van der Waals surface area contributed by atoms with Gasteiger partial charge < -0.3 is 5.73 Å². The van der Waals surface area contributed by atoms with Crippen LogP contribution in [0, 0.1) is 12.8 Å². The van der Waals surface area contributed by atoms with E-state index in [0.29, 0.717) is 11.6 Å². The number of hydrazone groups is 1. The molecule has 2 fully saturated rings. The lowest BCUT2D eigenvalue weighted by Crippen LogP contribution is -2.48. The second-order valence-corrected chi connectivity index (χ2v) is 11.4. The van der Waals surface area contributed by atoms with Gasteiger partial charge in [-0.15, -0.1) is 0 Å². The number of likely N-dealkylation sites (tertiary alicyclic amines) is 1. The number of urea groups is 1. The zero-order valence-electron chi connectivity index (χ0n) is 22.9. The summed E-state index contributed by atoms with van der Waals surface area (Å²) in [4.78, 5) is 18.9. The van der Waals surface area contributed by atoms with Gasteiger partial charge in [0.05, 0.1) is 23.1 Å². The van der Waals surface area contributed by atoms with Gasteiger partial charge in [0.1, 0.15) is 0 Å². The lowest BCUT2D eigenvalue weighted by atomic mass is 9.82. The largest absolute Gasteiger partial charge is 0.399 e. The van der Waals surface area contributed by atoms with Crippen molar-refractivity contribution in [3.05, 3.63) is 89.5 Å². The third-order valence-electron chi connectivity index (χ3n) is 8.57. The molecule has 0 aromatic heterocycles. The number of benzene rings is 3. The molecule has 3 aromatic rings. The topological polar surface area (TPSA) is 65.2 Å². The number of aryl methyl sites for hydroxylation is 1. The van der Waals surface area contributed by atoms with Crippen molar-refractivity contribution in [1.29, 1.82) is 0 Å². The standard InChI is InChI=1S/C33H39N5O/c1-24-12-17-30-31(22-24)37(28-15-13-27(34)14-16-28)33(39)38(35-32(30)26-10-6-3-7-11-26)29-18-20-36(21-19-29)23-25-8-4-2-5-9-25/h2,4-5,8-9,12-17,22,26,29H,3,6-7,10-11,18-21,23,34H2,1H3. The first-order valence-electron chi connectivity index (χ1n) is 14.5. The number of amides is 2. The van der Waals surface area contributed by atoms with Crippen LogP contribution >= 0.6 is 0 Å². The second-order valence-electron chi connectivity index (χ2n) is 11.4. The maximum absolute atomic E-state index is 14.5. The van der Waals surface area contributed by atoms with Gasteiger partial charge in [-0.05, 0) is 74.1 Å². The lowest BCUT2D eigenvalue weighted by Gasteiger charge is -2.37. The van der Waals surface area contributed by atoms with Crippen LogP contribution in [0.1, 0.15) is 61.6 Å². The maximum Gasteiger partial charge on any atom is 0.349 e. The van der Waals surface area contributed by atoms with Crippen LogP contribution in [0.3, 0.4) is 0 Å². The summed E-state index contributed by atoms with van der Waals surface area (Å²) in [5, 5.41) is 7.14. The normalized spacial score (nSPS) is 19.5. The van der Waals surface area contributed by atoms with Crippen LogP contribution in [0.5, 0.6) is 0 Å². The molecule has 0 spiro atoms. The first-order valence-corrected chi connectivity index (χ1v) is 14.5. The molecule has 202 valence electrons. The van der Waals surface area contributed by atoms with E-state index in [-0.39, 0.29) is 12.1 Å². The average molecular weight is 522 g/mol. The Balaban J connectivity index is 1.36. The van der Waals surface area contributed by atoms with Gasteiger partial charge in [-0.2, -0.15) is 5.10 Å². The van der Waals surface area contributed by atoms with Gasteiger partial charge in [0.25, 0.3) is 0 Å². The fraction of sp³-hybridized carbons (Fsp3) is 0.394. The number of carbonyl (C=O) groups excluding carboxylic acids is 1. The minimum atomic E-state index is -0.0704. The van der Waals surface area contributed by atoms with E-state index < -0.39 is 0 Å². The zero-order chi connectivity index (χ0) is 26.8. The number of hydrogen-bond acceptors (Lipinski definition) is 4. The van der Waals surface area contributed by atoms with Crippen molar-refractivity contribution in [1.82, 2.24) is 9.91 Å². The molecular weight excluding hydrogens is 482 g/mol. The molecule has 0 atom stereocenters. The minimum absolute atomic E-state index is 0.0646. The summed E-state index contributed by atoms with van der Waals surface area (Å²) in [6, 6.07) is 24.8. The Bertz CT molecular complexity index is 1320. The Morgan fingerprint density at radius 1 is 0.872 bits per heavy atom. The van der Waals surface area contributed by atoms with Crippen molar-refractivity contribution in [3.63, 3.8) is 0 Å². The number of nitrogens with zero attached hydrogens (tertiary/aromatic N) is 4. The molecule has 6 nitrogen and oxygen atoms in total. The van der Waals surface area contributed by atoms with Crippen molar-refractivity contribution < 1.29 is 4.79 Å². The van der Waals surface area contributed by atoms with E-state index in [9.17, 15) is 4.79 Å². The van der Waals surface area contributed by atoms with Crippen molar-refractivity contribution in [3.8, 4) is 0 Å². The predicted octanol–water partition coefficient (Wildman–Crippen LogP) is 7.10. The van der Waals surface area contributed by atoms with E-state index in [1.54, 1.807) is 0 Å². The number of rotatable bonds is 5. The van der Waals surface area contributed by atoms with Gasteiger partial charge in [-0.3, -0.25) is 9.80 Å². The molecule has 2 aliphatic heterocycles. The maximum atomic E-state index is 14.5. The van der Waals surface area contributed by atoms with E-state index in [1.165, 1.54) is 24.8 Å². The first kappa shape index (κ1) is 25.6. The molecular formula is C33H39N5O. The summed E-state index contributed by atoms with van der Waals surface area (Å²) >= 11 is 0. The summed E-state index contributed by atoms with van der Waals surface area (Å²) in [6.07, 6.45) is 7.80. The molecule has 6 rings (SSSR count). The van der Waals surface area contributed by atoms with Crippen LogP contribution in [0.2, 0.25) is 0 Å². The summed E-state index contributed by atoms with van der Waals surface area (Å²) < 4.78 is 0. The molecule has 0 bridgehead atoms. The number of fused-ring (bicyclic) bond motifs is 1. The van der Waals surface area contributed by atoms with Crippen LogP contribution in [-0.4, -0.2) is 40.8 Å². The molecule has 0 unspecified atom stereocenters. The Hall–Kier alpha value is -3.64. The Kier molecular flexibility index (Phi) is 7.38. The summed E-state index contributed by atoms with van der Waals surface area (Å²) in [7, 11) is 0.